The van der Waals surface area contributed by atoms with E-state index in [0.717, 1.165) is 0 Å². The van der Waals surface area contributed by atoms with Crippen molar-refractivity contribution < 1.29 is 13.3 Å². The Kier molecular flexibility index (Phi) is 3.30. The standard InChI is InChI=1S/C3H3BrFO2P/c1-2-3-7-8(4,5)6/h1H,3H2. The van der Waals surface area contributed by atoms with Gasteiger partial charge in [0.25, 0.3) is 0 Å². The van der Waals surface area contributed by atoms with Gasteiger partial charge in [0, 0.05) is 0 Å². The Balaban J connectivity index is 3.45. The summed E-state index contributed by atoms with van der Waals surface area (Å²) in [4.78, 5) is 0. The first-order valence-electron chi connectivity index (χ1n) is 1.63. The second-order valence-corrected chi connectivity index (χ2v) is 4.52. The van der Waals surface area contributed by atoms with Crippen molar-refractivity contribution in [2.75, 3.05) is 6.61 Å². The second kappa shape index (κ2) is 3.24. The van der Waals surface area contributed by atoms with Gasteiger partial charge in [-0.05, 0) is 0 Å². The number of terminal acetylenes is 1. The molecule has 0 bridgehead atoms. The number of halogens is 2. The number of hydrogen-bond acceptors (Lipinski definition) is 2. The fraction of sp³-hybridized carbons (Fsp3) is 0.333. The summed E-state index contributed by atoms with van der Waals surface area (Å²) in [6.45, 7) is -0.279. The van der Waals surface area contributed by atoms with Crippen LogP contribution in [0.2, 0.25) is 0 Å². The monoisotopic (exact) mass is 200 g/mol. The Morgan fingerprint density at radius 1 is 2.00 bits per heavy atom. The van der Waals surface area contributed by atoms with Crippen molar-refractivity contribution in [3.05, 3.63) is 0 Å². The van der Waals surface area contributed by atoms with Gasteiger partial charge in [-0.2, -0.15) is 0 Å². The molecule has 2 nitrogen and oxygen atoms in total. The Morgan fingerprint density at radius 3 is 2.62 bits per heavy atom. The van der Waals surface area contributed by atoms with Crippen LogP contribution in [0.15, 0.2) is 0 Å². The molecule has 0 saturated heterocycles. The highest BCUT2D eigenvalue weighted by atomic mass is 79.9. The number of hydrogen-bond donors (Lipinski definition) is 0. The normalized spacial score (nSPS) is 16.6. The van der Waals surface area contributed by atoms with Gasteiger partial charge in [-0.15, -0.1) is 10.6 Å². The maximum Gasteiger partial charge on any atom is 0.433 e. The predicted octanol–water partition coefficient (Wildman–Crippen LogP) is 2.11. The fourth-order valence-corrected chi connectivity index (χ4v) is 0.644. The first-order chi connectivity index (χ1) is 3.56. The molecule has 0 aromatic carbocycles. The molecule has 1 unspecified atom stereocenters. The molecule has 0 radical (unpaired) electrons. The number of rotatable bonds is 2. The van der Waals surface area contributed by atoms with Crippen molar-refractivity contribution >= 4 is 21.9 Å². The lowest BCUT2D eigenvalue weighted by molar-refractivity contribution is 0.344. The van der Waals surface area contributed by atoms with Crippen LogP contribution >= 0.6 is 21.9 Å². The van der Waals surface area contributed by atoms with Crippen molar-refractivity contribution in [3.63, 3.8) is 0 Å². The van der Waals surface area contributed by atoms with Gasteiger partial charge in [0.15, 0.2) is 0 Å². The van der Waals surface area contributed by atoms with E-state index in [9.17, 15) is 8.76 Å². The average Bonchev–Trinajstić information content (AvgIpc) is 1.59. The molecule has 0 saturated carbocycles. The maximum absolute atomic E-state index is 11.7. The summed E-state index contributed by atoms with van der Waals surface area (Å²) in [6.07, 6.45) is 0.640. The highest BCUT2D eigenvalue weighted by Gasteiger charge is 2.13. The van der Waals surface area contributed by atoms with E-state index in [-0.39, 0.29) is 6.61 Å². The molecule has 0 aromatic heterocycles. The zero-order valence-electron chi connectivity index (χ0n) is 3.80. The van der Waals surface area contributed by atoms with Crippen molar-refractivity contribution in [1.82, 2.24) is 0 Å². The molecule has 0 rings (SSSR count). The summed E-state index contributed by atoms with van der Waals surface area (Å²) in [5.41, 5.74) is 0. The van der Waals surface area contributed by atoms with Gasteiger partial charge in [-0.3, -0.25) is 4.52 Å². The van der Waals surface area contributed by atoms with E-state index < -0.39 is 6.38 Å². The van der Waals surface area contributed by atoms with Crippen LogP contribution in [0.3, 0.4) is 0 Å². The van der Waals surface area contributed by atoms with Crippen LogP contribution in [-0.4, -0.2) is 6.61 Å². The minimum atomic E-state index is -4.01. The van der Waals surface area contributed by atoms with Crippen molar-refractivity contribution in [1.29, 1.82) is 0 Å². The average molecular weight is 201 g/mol. The van der Waals surface area contributed by atoms with E-state index in [1.165, 1.54) is 0 Å². The molecule has 0 heterocycles. The third-order valence-electron chi connectivity index (χ3n) is 0.298. The Morgan fingerprint density at radius 2 is 2.50 bits per heavy atom. The molecule has 0 spiro atoms. The molecule has 0 amide bonds. The van der Waals surface area contributed by atoms with E-state index >= 15 is 0 Å². The van der Waals surface area contributed by atoms with Gasteiger partial charge in [0.1, 0.15) is 6.61 Å². The van der Waals surface area contributed by atoms with E-state index in [1.807, 2.05) is 5.92 Å². The highest BCUT2D eigenvalue weighted by molar-refractivity contribution is 9.39. The van der Waals surface area contributed by atoms with E-state index in [2.05, 4.69) is 26.4 Å². The molecule has 0 fully saturated rings. The Bertz CT molecular complexity index is 146. The van der Waals surface area contributed by atoms with Crippen LogP contribution < -0.4 is 0 Å². The Labute approximate surface area is 54.7 Å². The topological polar surface area (TPSA) is 26.3 Å². The summed E-state index contributed by atoms with van der Waals surface area (Å²) in [5, 5.41) is 0. The second-order valence-electron chi connectivity index (χ2n) is 0.892. The van der Waals surface area contributed by atoms with Crippen molar-refractivity contribution in [3.8, 4) is 12.3 Å². The van der Waals surface area contributed by atoms with E-state index in [4.69, 9.17) is 0 Å². The molecule has 46 valence electrons. The molecular formula is C3H3BrFO2P. The Hall–Kier alpha value is 0.160. The zero-order valence-corrected chi connectivity index (χ0v) is 6.28. The molecule has 0 aliphatic heterocycles. The summed E-state index contributed by atoms with van der Waals surface area (Å²) in [5.74, 6) is 1.96. The minimum absolute atomic E-state index is 0.279. The smallest absolute Gasteiger partial charge is 0.284 e. The fourth-order valence-electron chi connectivity index (χ4n) is 0.112. The summed E-state index contributed by atoms with van der Waals surface area (Å²) < 4.78 is 25.6. The van der Waals surface area contributed by atoms with Crippen LogP contribution in [0.1, 0.15) is 0 Å². The molecular weight excluding hydrogens is 198 g/mol. The largest absolute Gasteiger partial charge is 0.433 e. The first-order valence-corrected chi connectivity index (χ1v) is 5.17. The summed E-state index contributed by atoms with van der Waals surface area (Å²) in [6, 6.07) is 0. The van der Waals surface area contributed by atoms with Gasteiger partial charge in [-0.25, -0.2) is 4.57 Å². The van der Waals surface area contributed by atoms with Crippen molar-refractivity contribution in [2.45, 2.75) is 0 Å². The van der Waals surface area contributed by atoms with Gasteiger partial charge in [0.05, 0.1) is 15.5 Å². The lowest BCUT2D eigenvalue weighted by Gasteiger charge is -1.94. The molecule has 5 heteroatoms. The van der Waals surface area contributed by atoms with E-state index in [1.54, 1.807) is 0 Å². The van der Waals surface area contributed by atoms with Crippen LogP contribution in [0, 0.1) is 12.3 Å². The predicted molar refractivity (Wildman–Crippen MR) is 32.4 cm³/mol. The van der Waals surface area contributed by atoms with Crippen LogP contribution in [0.25, 0.3) is 0 Å². The minimum Gasteiger partial charge on any atom is -0.284 e. The maximum atomic E-state index is 11.7. The first kappa shape index (κ1) is 8.16. The van der Waals surface area contributed by atoms with Gasteiger partial charge in [-0.1, -0.05) is 5.92 Å². The quantitative estimate of drug-likeness (QED) is 0.505. The SMILES string of the molecule is C#CCOP(=O)(F)Br. The van der Waals surface area contributed by atoms with Crippen LogP contribution in [0.4, 0.5) is 4.20 Å². The third-order valence-corrected chi connectivity index (χ3v) is 1.34. The van der Waals surface area contributed by atoms with Gasteiger partial charge in [0.2, 0.25) is 0 Å². The summed E-state index contributed by atoms with van der Waals surface area (Å²) >= 11 is 2.15. The van der Waals surface area contributed by atoms with Crippen LogP contribution in [-0.2, 0) is 9.09 Å². The lowest BCUT2D eigenvalue weighted by atomic mass is 10.8. The highest BCUT2D eigenvalue weighted by Crippen LogP contribution is 2.56. The van der Waals surface area contributed by atoms with Gasteiger partial charge < -0.3 is 0 Å². The molecule has 1 atom stereocenters. The van der Waals surface area contributed by atoms with Gasteiger partial charge >= 0.3 is 6.38 Å². The molecule has 0 N–H and O–H groups in total. The molecule has 0 aromatic rings. The summed E-state index contributed by atoms with van der Waals surface area (Å²) in [7, 11) is 0. The van der Waals surface area contributed by atoms with Crippen molar-refractivity contribution in [2.24, 2.45) is 0 Å². The molecule has 8 heavy (non-hydrogen) atoms. The van der Waals surface area contributed by atoms with E-state index in [0.29, 0.717) is 0 Å². The zero-order chi connectivity index (χ0) is 6.62. The molecule has 0 aliphatic rings. The lowest BCUT2D eigenvalue weighted by Crippen LogP contribution is -1.78. The third kappa shape index (κ3) is 6.16. The molecule has 0 aliphatic carbocycles. The van der Waals surface area contributed by atoms with Crippen LogP contribution in [0.5, 0.6) is 0 Å².